The van der Waals surface area contributed by atoms with Gasteiger partial charge < -0.3 is 10.2 Å². The third kappa shape index (κ3) is 2.67. The number of alkyl halides is 1. The van der Waals surface area contributed by atoms with Gasteiger partial charge in [0, 0.05) is 24.5 Å². The zero-order valence-corrected chi connectivity index (χ0v) is 9.83. The molecule has 0 radical (unpaired) electrons. The molecule has 1 amide bonds. The van der Waals surface area contributed by atoms with Crippen LogP contribution in [0.5, 0.6) is 0 Å². The van der Waals surface area contributed by atoms with Gasteiger partial charge in [-0.1, -0.05) is 6.07 Å². The summed E-state index contributed by atoms with van der Waals surface area (Å²) < 4.78 is 0. The lowest BCUT2D eigenvalue weighted by atomic mass is 10.2. The molecule has 16 heavy (non-hydrogen) atoms. The highest BCUT2D eigenvalue weighted by Crippen LogP contribution is 2.23. The highest BCUT2D eigenvalue weighted by Gasteiger charge is 2.12. The maximum Gasteiger partial charge on any atom is 0.239 e. The van der Waals surface area contributed by atoms with Gasteiger partial charge in [0.1, 0.15) is 5.88 Å². The summed E-state index contributed by atoms with van der Waals surface area (Å²) in [5.74, 6) is -0.172. The van der Waals surface area contributed by atoms with Crippen LogP contribution in [0.15, 0.2) is 24.3 Å². The summed E-state index contributed by atoms with van der Waals surface area (Å²) in [5.41, 5.74) is 1.99. The number of rotatable bonds is 3. The molecule has 0 bridgehead atoms. The smallest absolute Gasteiger partial charge is 0.239 e. The fraction of sp³-hybridized carbons (Fsp3) is 0.417. The number of carbonyl (C=O) groups excluding carboxylic acids is 1. The lowest BCUT2D eigenvalue weighted by Gasteiger charge is -2.18. The van der Waals surface area contributed by atoms with E-state index < -0.39 is 0 Å². The molecule has 0 atom stereocenters. The van der Waals surface area contributed by atoms with Crippen molar-refractivity contribution in [3.8, 4) is 0 Å². The number of nitrogens with zero attached hydrogens (tertiary/aromatic N) is 1. The minimum atomic E-state index is -0.166. The van der Waals surface area contributed by atoms with Gasteiger partial charge in [-0.2, -0.15) is 0 Å². The SMILES string of the molecule is O=C(CCl)Nc1cccc(N2CCCC2)c1. The summed E-state index contributed by atoms with van der Waals surface area (Å²) in [6, 6.07) is 7.90. The van der Waals surface area contributed by atoms with Crippen molar-refractivity contribution < 1.29 is 4.79 Å². The minimum absolute atomic E-state index is 0.00601. The van der Waals surface area contributed by atoms with Crippen molar-refractivity contribution in [1.82, 2.24) is 0 Å². The summed E-state index contributed by atoms with van der Waals surface area (Å²) in [5, 5.41) is 2.76. The number of nitrogens with one attached hydrogen (secondary N) is 1. The number of amides is 1. The normalized spacial score (nSPS) is 15.2. The van der Waals surface area contributed by atoms with Gasteiger partial charge in [-0.3, -0.25) is 4.79 Å². The summed E-state index contributed by atoms with van der Waals surface area (Å²) in [6.45, 7) is 2.21. The Labute approximate surface area is 100 Å². The van der Waals surface area contributed by atoms with Crippen molar-refractivity contribution in [2.45, 2.75) is 12.8 Å². The van der Waals surface area contributed by atoms with Crippen LogP contribution in [0.4, 0.5) is 11.4 Å². The predicted octanol–water partition coefficient (Wildman–Crippen LogP) is 2.46. The Kier molecular flexibility index (Phi) is 3.67. The van der Waals surface area contributed by atoms with Crippen molar-refractivity contribution in [1.29, 1.82) is 0 Å². The van der Waals surface area contributed by atoms with Crippen LogP contribution in [0.2, 0.25) is 0 Å². The average molecular weight is 239 g/mol. The van der Waals surface area contributed by atoms with Crippen molar-refractivity contribution in [3.05, 3.63) is 24.3 Å². The van der Waals surface area contributed by atoms with Crippen molar-refractivity contribution in [2.75, 3.05) is 29.2 Å². The van der Waals surface area contributed by atoms with E-state index in [-0.39, 0.29) is 11.8 Å². The molecule has 1 aliphatic heterocycles. The fourth-order valence-electron chi connectivity index (χ4n) is 1.95. The van der Waals surface area contributed by atoms with Crippen LogP contribution in [-0.4, -0.2) is 24.9 Å². The van der Waals surface area contributed by atoms with E-state index in [2.05, 4.69) is 16.3 Å². The first-order valence-corrected chi connectivity index (χ1v) is 6.04. The summed E-state index contributed by atoms with van der Waals surface area (Å²) in [7, 11) is 0. The zero-order valence-electron chi connectivity index (χ0n) is 9.08. The van der Waals surface area contributed by atoms with Crippen molar-refractivity contribution >= 4 is 28.9 Å². The van der Waals surface area contributed by atoms with E-state index in [0.29, 0.717) is 0 Å². The lowest BCUT2D eigenvalue weighted by Crippen LogP contribution is -2.18. The molecule has 1 saturated heterocycles. The van der Waals surface area contributed by atoms with Gasteiger partial charge in [-0.05, 0) is 31.0 Å². The van der Waals surface area contributed by atoms with Gasteiger partial charge >= 0.3 is 0 Å². The molecule has 1 aromatic rings. The van der Waals surface area contributed by atoms with Gasteiger partial charge in [0.15, 0.2) is 0 Å². The van der Waals surface area contributed by atoms with E-state index in [1.165, 1.54) is 18.5 Å². The lowest BCUT2D eigenvalue weighted by molar-refractivity contribution is -0.113. The molecule has 0 aliphatic carbocycles. The van der Waals surface area contributed by atoms with Gasteiger partial charge in [0.05, 0.1) is 0 Å². The van der Waals surface area contributed by atoms with E-state index in [1.807, 2.05) is 18.2 Å². The van der Waals surface area contributed by atoms with E-state index in [0.717, 1.165) is 18.8 Å². The van der Waals surface area contributed by atoms with Gasteiger partial charge in [0.2, 0.25) is 5.91 Å². The second-order valence-corrected chi connectivity index (χ2v) is 4.19. The third-order valence-electron chi connectivity index (χ3n) is 2.72. The summed E-state index contributed by atoms with van der Waals surface area (Å²) in [6.07, 6.45) is 2.50. The van der Waals surface area contributed by atoms with Crippen LogP contribution in [-0.2, 0) is 4.79 Å². The molecule has 0 spiro atoms. The number of hydrogen-bond donors (Lipinski definition) is 1. The molecule has 1 aromatic carbocycles. The zero-order chi connectivity index (χ0) is 11.4. The molecule has 0 saturated carbocycles. The minimum Gasteiger partial charge on any atom is -0.371 e. The molecule has 4 heteroatoms. The van der Waals surface area contributed by atoms with Crippen molar-refractivity contribution in [2.24, 2.45) is 0 Å². The van der Waals surface area contributed by atoms with E-state index in [4.69, 9.17) is 11.6 Å². The van der Waals surface area contributed by atoms with Crippen LogP contribution in [0, 0.1) is 0 Å². The quantitative estimate of drug-likeness (QED) is 0.821. The third-order valence-corrected chi connectivity index (χ3v) is 2.97. The fourth-order valence-corrected chi connectivity index (χ4v) is 2.02. The molecule has 1 heterocycles. The number of benzene rings is 1. The van der Waals surface area contributed by atoms with E-state index >= 15 is 0 Å². The number of halogens is 1. The maximum absolute atomic E-state index is 11.2. The van der Waals surface area contributed by atoms with Gasteiger partial charge in [0.25, 0.3) is 0 Å². The van der Waals surface area contributed by atoms with Crippen LogP contribution < -0.4 is 10.2 Å². The second-order valence-electron chi connectivity index (χ2n) is 3.93. The molecule has 0 aromatic heterocycles. The van der Waals surface area contributed by atoms with Gasteiger partial charge in [-0.15, -0.1) is 11.6 Å². The predicted molar refractivity (Wildman–Crippen MR) is 67.2 cm³/mol. The molecular weight excluding hydrogens is 224 g/mol. The Morgan fingerprint density at radius 2 is 2.12 bits per heavy atom. The highest BCUT2D eigenvalue weighted by atomic mass is 35.5. The largest absolute Gasteiger partial charge is 0.371 e. The Hall–Kier alpha value is -1.22. The first-order valence-electron chi connectivity index (χ1n) is 5.50. The topological polar surface area (TPSA) is 32.3 Å². The molecule has 1 fully saturated rings. The first-order chi connectivity index (χ1) is 7.79. The Morgan fingerprint density at radius 1 is 1.38 bits per heavy atom. The Morgan fingerprint density at radius 3 is 2.81 bits per heavy atom. The number of hydrogen-bond acceptors (Lipinski definition) is 2. The second kappa shape index (κ2) is 5.21. The molecule has 0 unspecified atom stereocenters. The Bertz CT molecular complexity index is 375. The monoisotopic (exact) mass is 238 g/mol. The number of anilines is 2. The molecule has 3 nitrogen and oxygen atoms in total. The van der Waals surface area contributed by atoms with Crippen LogP contribution in [0.3, 0.4) is 0 Å². The van der Waals surface area contributed by atoms with Crippen LogP contribution >= 0.6 is 11.6 Å². The molecule has 86 valence electrons. The van der Waals surface area contributed by atoms with Crippen LogP contribution in [0.25, 0.3) is 0 Å². The standard InChI is InChI=1S/C12H15ClN2O/c13-9-12(16)14-10-4-3-5-11(8-10)15-6-1-2-7-15/h3-5,8H,1-2,6-7,9H2,(H,14,16). The molecular formula is C12H15ClN2O. The van der Waals surface area contributed by atoms with E-state index in [9.17, 15) is 4.79 Å². The van der Waals surface area contributed by atoms with Gasteiger partial charge in [-0.25, -0.2) is 0 Å². The number of carbonyl (C=O) groups is 1. The highest BCUT2D eigenvalue weighted by molar-refractivity contribution is 6.29. The van der Waals surface area contributed by atoms with E-state index in [1.54, 1.807) is 0 Å². The molecule has 1 N–H and O–H groups in total. The maximum atomic E-state index is 11.2. The summed E-state index contributed by atoms with van der Waals surface area (Å²) >= 11 is 5.45. The molecule has 2 rings (SSSR count). The molecule has 1 aliphatic rings. The first kappa shape index (κ1) is 11.3. The summed E-state index contributed by atoms with van der Waals surface area (Å²) in [4.78, 5) is 13.5. The average Bonchev–Trinajstić information content (AvgIpc) is 2.83. The van der Waals surface area contributed by atoms with Crippen LogP contribution in [0.1, 0.15) is 12.8 Å². The van der Waals surface area contributed by atoms with Crippen molar-refractivity contribution in [3.63, 3.8) is 0 Å². The Balaban J connectivity index is 2.09.